The SMILES string of the molecule is CN=C(NCCCOCc1ccco1)NCc1cn2ccsc2n1. The van der Waals surface area contributed by atoms with E-state index in [1.807, 2.05) is 34.3 Å². The molecule has 7 nitrogen and oxygen atoms in total. The van der Waals surface area contributed by atoms with Crippen LogP contribution in [0.15, 0.2) is 45.6 Å². The molecule has 0 bridgehead atoms. The normalized spacial score (nSPS) is 12.0. The topological polar surface area (TPSA) is 76.1 Å². The number of nitrogens with zero attached hydrogens (tertiary/aromatic N) is 3. The van der Waals surface area contributed by atoms with Crippen LogP contribution in [0.2, 0.25) is 0 Å². The van der Waals surface area contributed by atoms with Crippen LogP contribution in [0.4, 0.5) is 0 Å². The number of nitrogens with one attached hydrogen (secondary N) is 2. The zero-order valence-electron chi connectivity index (χ0n) is 13.6. The van der Waals surface area contributed by atoms with Gasteiger partial charge in [-0.15, -0.1) is 11.3 Å². The lowest BCUT2D eigenvalue weighted by atomic mass is 10.4. The minimum atomic E-state index is 0.511. The Morgan fingerprint density at radius 2 is 2.42 bits per heavy atom. The van der Waals surface area contributed by atoms with Crippen molar-refractivity contribution in [1.29, 1.82) is 0 Å². The van der Waals surface area contributed by atoms with E-state index in [1.54, 1.807) is 24.6 Å². The molecule has 0 aliphatic carbocycles. The predicted octanol–water partition coefficient (Wildman–Crippen LogP) is 2.26. The van der Waals surface area contributed by atoms with Crippen LogP contribution in [0.3, 0.4) is 0 Å². The highest BCUT2D eigenvalue weighted by molar-refractivity contribution is 7.15. The van der Waals surface area contributed by atoms with Crippen LogP contribution in [-0.2, 0) is 17.9 Å². The molecule has 0 aliphatic rings. The van der Waals surface area contributed by atoms with Crippen LogP contribution < -0.4 is 10.6 Å². The predicted molar refractivity (Wildman–Crippen MR) is 94.3 cm³/mol. The monoisotopic (exact) mass is 347 g/mol. The van der Waals surface area contributed by atoms with Crippen molar-refractivity contribution in [1.82, 2.24) is 20.0 Å². The van der Waals surface area contributed by atoms with Crippen molar-refractivity contribution in [2.24, 2.45) is 4.99 Å². The smallest absolute Gasteiger partial charge is 0.193 e. The Hall–Kier alpha value is -2.32. The lowest BCUT2D eigenvalue weighted by Crippen LogP contribution is -2.37. The van der Waals surface area contributed by atoms with Gasteiger partial charge in [-0.05, 0) is 18.6 Å². The Bertz CT molecular complexity index is 734. The van der Waals surface area contributed by atoms with Gasteiger partial charge < -0.3 is 19.8 Å². The van der Waals surface area contributed by atoms with Gasteiger partial charge in [-0.25, -0.2) is 4.98 Å². The van der Waals surface area contributed by atoms with Gasteiger partial charge in [-0.1, -0.05) is 0 Å². The Labute approximate surface area is 144 Å². The number of rotatable bonds is 8. The van der Waals surface area contributed by atoms with Gasteiger partial charge in [0.2, 0.25) is 0 Å². The highest BCUT2D eigenvalue weighted by atomic mass is 32.1. The van der Waals surface area contributed by atoms with Gasteiger partial charge in [-0.2, -0.15) is 0 Å². The Morgan fingerprint density at radius 1 is 1.46 bits per heavy atom. The fourth-order valence-corrected chi connectivity index (χ4v) is 2.92. The van der Waals surface area contributed by atoms with Crippen LogP contribution in [0.1, 0.15) is 17.9 Å². The van der Waals surface area contributed by atoms with Crippen molar-refractivity contribution in [3.63, 3.8) is 0 Å². The van der Waals surface area contributed by atoms with E-state index in [1.165, 1.54) is 0 Å². The zero-order chi connectivity index (χ0) is 16.6. The first-order chi connectivity index (χ1) is 11.8. The van der Waals surface area contributed by atoms with Gasteiger partial charge in [0.25, 0.3) is 0 Å². The molecule has 128 valence electrons. The maximum atomic E-state index is 5.54. The van der Waals surface area contributed by atoms with Crippen molar-refractivity contribution in [3.05, 3.63) is 47.6 Å². The molecule has 0 saturated carbocycles. The molecular formula is C16H21N5O2S. The number of ether oxygens (including phenoxy) is 1. The van der Waals surface area contributed by atoms with E-state index in [9.17, 15) is 0 Å². The maximum Gasteiger partial charge on any atom is 0.193 e. The summed E-state index contributed by atoms with van der Waals surface area (Å²) in [5, 5.41) is 8.55. The van der Waals surface area contributed by atoms with E-state index >= 15 is 0 Å². The molecule has 0 aliphatic heterocycles. The molecule has 8 heteroatoms. The minimum Gasteiger partial charge on any atom is -0.467 e. The summed E-state index contributed by atoms with van der Waals surface area (Å²) in [5.41, 5.74) is 0.992. The second-order valence-corrected chi connectivity index (χ2v) is 6.04. The second kappa shape index (κ2) is 8.51. The Morgan fingerprint density at radius 3 is 3.21 bits per heavy atom. The molecular weight excluding hydrogens is 326 g/mol. The quantitative estimate of drug-likeness (QED) is 0.371. The third-order valence-corrected chi connectivity index (χ3v) is 4.16. The third kappa shape index (κ3) is 4.59. The molecule has 0 fully saturated rings. The van der Waals surface area contributed by atoms with Crippen LogP contribution >= 0.6 is 11.3 Å². The summed E-state index contributed by atoms with van der Waals surface area (Å²) < 4.78 is 12.8. The van der Waals surface area contributed by atoms with E-state index < -0.39 is 0 Å². The lowest BCUT2D eigenvalue weighted by Gasteiger charge is -2.10. The van der Waals surface area contributed by atoms with Crippen LogP contribution in [0, 0.1) is 0 Å². The number of furan rings is 1. The average Bonchev–Trinajstić information content (AvgIpc) is 3.30. The summed E-state index contributed by atoms with van der Waals surface area (Å²) in [5.74, 6) is 1.61. The molecule has 3 aromatic rings. The molecule has 3 heterocycles. The van der Waals surface area contributed by atoms with Gasteiger partial charge in [0.1, 0.15) is 12.4 Å². The first-order valence-corrected chi connectivity index (χ1v) is 8.69. The molecule has 0 amide bonds. The first kappa shape index (κ1) is 16.5. The Balaban J connectivity index is 1.31. The van der Waals surface area contributed by atoms with Gasteiger partial charge in [-0.3, -0.25) is 9.39 Å². The summed E-state index contributed by atoms with van der Waals surface area (Å²) >= 11 is 1.63. The molecule has 0 spiro atoms. The number of imidazole rings is 1. The molecule has 0 atom stereocenters. The van der Waals surface area contributed by atoms with Gasteiger partial charge in [0.05, 0.1) is 18.5 Å². The maximum absolute atomic E-state index is 5.54. The Kier molecular flexibility index (Phi) is 5.86. The van der Waals surface area contributed by atoms with Gasteiger partial charge >= 0.3 is 0 Å². The largest absolute Gasteiger partial charge is 0.467 e. The number of aliphatic imine (C=N–C) groups is 1. The lowest BCUT2D eigenvalue weighted by molar-refractivity contribution is 0.105. The van der Waals surface area contributed by atoms with Crippen LogP contribution in [0.25, 0.3) is 4.96 Å². The minimum absolute atomic E-state index is 0.511. The number of guanidine groups is 1. The van der Waals surface area contributed by atoms with Crippen molar-refractivity contribution in [2.75, 3.05) is 20.2 Å². The standard InChI is InChI=1S/C16H21N5O2S/c1-17-15(18-5-3-7-22-12-14-4-2-8-23-14)19-10-13-11-21-6-9-24-16(21)20-13/h2,4,6,8-9,11H,3,5,7,10,12H2,1H3,(H2,17,18,19). The van der Waals surface area contributed by atoms with Crippen LogP contribution in [-0.4, -0.2) is 35.5 Å². The highest BCUT2D eigenvalue weighted by Crippen LogP contribution is 2.10. The summed E-state index contributed by atoms with van der Waals surface area (Å²) in [4.78, 5) is 9.74. The van der Waals surface area contributed by atoms with E-state index in [-0.39, 0.29) is 0 Å². The molecule has 0 unspecified atom stereocenters. The van der Waals surface area contributed by atoms with Crippen LogP contribution in [0.5, 0.6) is 0 Å². The zero-order valence-corrected chi connectivity index (χ0v) is 14.4. The number of fused-ring (bicyclic) bond motifs is 1. The van der Waals surface area contributed by atoms with E-state index in [4.69, 9.17) is 9.15 Å². The molecule has 3 rings (SSSR count). The molecule has 0 saturated heterocycles. The summed E-state index contributed by atoms with van der Waals surface area (Å²) in [6.45, 7) is 2.61. The summed E-state index contributed by atoms with van der Waals surface area (Å²) in [7, 11) is 1.76. The van der Waals surface area contributed by atoms with E-state index in [0.717, 1.165) is 35.3 Å². The number of thiazole rings is 1. The fourth-order valence-electron chi connectivity index (χ4n) is 2.20. The average molecular weight is 347 g/mol. The summed E-state index contributed by atoms with van der Waals surface area (Å²) in [6.07, 6.45) is 6.57. The molecule has 24 heavy (non-hydrogen) atoms. The number of hydrogen-bond donors (Lipinski definition) is 2. The number of hydrogen-bond acceptors (Lipinski definition) is 5. The molecule has 2 N–H and O–H groups in total. The fraction of sp³-hybridized carbons (Fsp3) is 0.375. The van der Waals surface area contributed by atoms with E-state index in [2.05, 4.69) is 20.6 Å². The molecule has 0 radical (unpaired) electrons. The second-order valence-electron chi connectivity index (χ2n) is 5.16. The van der Waals surface area contributed by atoms with E-state index in [0.29, 0.717) is 19.8 Å². The van der Waals surface area contributed by atoms with Gasteiger partial charge in [0.15, 0.2) is 10.9 Å². The van der Waals surface area contributed by atoms with Crippen molar-refractivity contribution in [2.45, 2.75) is 19.6 Å². The van der Waals surface area contributed by atoms with Gasteiger partial charge in [0, 0.05) is 38.0 Å². The van der Waals surface area contributed by atoms with Crippen molar-refractivity contribution >= 4 is 22.3 Å². The summed E-state index contributed by atoms with van der Waals surface area (Å²) in [6, 6.07) is 3.77. The van der Waals surface area contributed by atoms with Crippen molar-refractivity contribution < 1.29 is 9.15 Å². The number of aromatic nitrogens is 2. The molecule has 3 aromatic heterocycles. The molecule has 0 aromatic carbocycles. The first-order valence-electron chi connectivity index (χ1n) is 7.81. The highest BCUT2D eigenvalue weighted by Gasteiger charge is 2.03. The van der Waals surface area contributed by atoms with Crippen molar-refractivity contribution in [3.8, 4) is 0 Å². The third-order valence-electron chi connectivity index (χ3n) is 3.39.